The monoisotopic (exact) mass is 2160 g/mol. The number of nitrogen functional groups attached to an aromatic ring is 1. The van der Waals surface area contributed by atoms with Crippen molar-refractivity contribution in [1.82, 2.24) is 35.9 Å². The number of methoxy groups -OCH3 is 3. The van der Waals surface area contributed by atoms with E-state index in [-0.39, 0.29) is 269 Å². The SMILES string of the molecule is C.COC(=O)Cc1cccc(O)c1.COC(=O)Cc1cccc(OCCO[Si](C)(C)C(C)(C)C)c1.COC(=O)Cc1cccc(OCCO[Si](C)(C)C(C)(C)C)c1.N/C(=C\C=C(/N)NC(=O)Cc1ccccc1)CCCCc1nnc(N)s1.O.O=C(Cc1ccccc1)Nc1ccc(CCCCc2nnc(NC(=O)Cc3cccc(OCCO)c3)s2)nn1.O=C(O)Cc1cccc(OCCO)c1.[2H][C-](F)C(=O)OO.[K+].[K+].[Li+].[OH-]. The first kappa shape index (κ1) is 139. The van der Waals surface area contributed by atoms with Crippen LogP contribution in [0.15, 0.2) is 218 Å². The third-order valence-corrected chi connectivity index (χ3v) is 31.4. The average molecular weight is 2160 g/mol. The van der Waals surface area contributed by atoms with Gasteiger partial charge in [0.1, 0.15) is 71.0 Å². The molecule has 3 amide bonds. The Morgan fingerprint density at radius 2 is 0.864 bits per heavy atom. The average Bonchev–Trinajstić information content (AvgIpc) is 0.942. The molecule has 0 aliphatic carbocycles. The summed E-state index contributed by atoms with van der Waals surface area (Å²) in [6, 6.07) is 58.3. The summed E-state index contributed by atoms with van der Waals surface area (Å²) in [7, 11) is 0.674. The van der Waals surface area contributed by atoms with Crippen LogP contribution < -0.4 is 174 Å². The number of carbonyl (C=O) groups is 8. The Bertz CT molecular complexity index is 5440. The van der Waals surface area contributed by atoms with Gasteiger partial charge in [0.05, 0.1) is 98.4 Å². The minimum absolute atomic E-state index is 0. The van der Waals surface area contributed by atoms with Crippen LogP contribution in [-0.4, -0.2) is 206 Å². The molecule has 3 heterocycles. The molecule has 10 rings (SSSR count). The number of nitrogens with one attached hydrogen (secondary N) is 3. The number of aromatic nitrogens is 6. The summed E-state index contributed by atoms with van der Waals surface area (Å²) in [6.07, 6.45) is 11.5. The van der Waals surface area contributed by atoms with E-state index < -0.39 is 35.2 Å². The predicted molar refractivity (Wildman–Crippen MR) is 556 cm³/mol. The number of nitrogens with two attached hydrogens (primary N) is 3. The molecule has 0 atom stereocenters. The van der Waals surface area contributed by atoms with Crippen LogP contribution in [0.2, 0.25) is 36.3 Å². The quantitative estimate of drug-likeness (QED) is 0.00321. The molecule has 0 unspecified atom stereocenters. The number of phenols is 1. The van der Waals surface area contributed by atoms with Gasteiger partial charge in [-0.25, -0.2) is 5.26 Å². The number of aliphatic carboxylic acids is 1. The number of aliphatic hydroxyl groups is 2. The number of rotatable bonds is 45. The number of hydrogen-bond acceptors (Lipinski definition) is 34. The van der Waals surface area contributed by atoms with Gasteiger partial charge in [-0.3, -0.25) is 38.4 Å². The maximum atomic E-state index is 12.4. The van der Waals surface area contributed by atoms with Crippen molar-refractivity contribution in [3.63, 3.8) is 0 Å². The molecule has 17 N–H and O–H groups in total. The Labute approximate surface area is 969 Å². The summed E-state index contributed by atoms with van der Waals surface area (Å²) in [6.45, 7) is 22.9. The van der Waals surface area contributed by atoms with E-state index in [1.54, 1.807) is 72.8 Å². The summed E-state index contributed by atoms with van der Waals surface area (Å²) >= 11 is 2.78. The summed E-state index contributed by atoms with van der Waals surface area (Å²) < 4.78 is 64.7. The van der Waals surface area contributed by atoms with Crippen molar-refractivity contribution in [2.75, 3.05) is 90.6 Å². The molecular formula is C102H141FK2LiN12O25S2Si2+. The standard InChI is InChI=1S/C28H30N6O4S.C18H24N6OS.2C17H28O4Si.C10H12O4.C9H10O3.C2H2FO3.CH4.2K.Li.2H2O/c35-15-16-38-23-11-6-9-21(17-23)19-26(37)30-28-34-33-27(39-28)12-5-4-10-22-13-14-24(32-31-22)29-25(36)18-20-7-2-1-3-8-20;19-14(8-4-5-9-17-23-24-18(21)26-17)10-11-15(20)22-16(25)12-13-6-2-1-3-7-13;2*1-17(2,3)22(5,6)21-11-10-20-15-9-7-8-14(12-15)13-16(18)19-4;11-4-5-14-9-3-1-2-8(6-9)7-10(12)13;1-12-9(11)6-7-3-2-4-8(10)5-7;3-1-2(4)6-5;;;;;;/h1-3,6-9,11,13-14,17,35H,4-5,10,12,15-16,18-19H2,(H,29,32,36)(H,30,34,37);1-3,6-7,10-11H,4-5,8-9,12,19-20H2,(H2,21,24)(H,22,25);2*7-9,12H,10-11,13H2,1-6H3;1-3,6,11H,4-5,7H2,(H,12,13);2-5,10H,6H2,1H3;1,5H;1H4;;;;2*1H2/q;;;;;;-1;;3*+1;;/p-1/b;14-10-,15-11+;;;;;;;;;;;/i;;;;;;1D;;;;;;. The van der Waals surface area contributed by atoms with Gasteiger partial charge in [0.15, 0.2) is 22.5 Å². The molecule has 0 aliphatic heterocycles. The van der Waals surface area contributed by atoms with Gasteiger partial charge >= 0.3 is 146 Å². The van der Waals surface area contributed by atoms with Gasteiger partial charge in [-0.1, -0.05) is 193 Å². The number of ether oxygens (including phenoxy) is 7. The predicted octanol–water partition coefficient (Wildman–Crippen LogP) is 5.64. The first-order valence-electron chi connectivity index (χ1n) is 45.6. The van der Waals surface area contributed by atoms with Crippen molar-refractivity contribution in [1.29, 1.82) is 0 Å². The maximum Gasteiger partial charge on any atom is 1.00 e. The first-order valence-corrected chi connectivity index (χ1v) is 52.5. The topological polar surface area (TPSA) is 583 Å². The summed E-state index contributed by atoms with van der Waals surface area (Å²) in [5, 5.41) is 78.0. The van der Waals surface area contributed by atoms with Crippen LogP contribution in [0, 0.1) is 6.65 Å². The van der Waals surface area contributed by atoms with Crippen LogP contribution in [-0.2, 0) is 131 Å². The van der Waals surface area contributed by atoms with E-state index in [1.165, 1.54) is 50.1 Å². The number of carboxylic acid groups (broad SMARTS) is 1. The second-order valence-corrected chi connectivity index (χ2v) is 45.8. The fraction of sp³-hybridized carbons (Fsp3) is 0.382. The number of benzene rings is 7. The van der Waals surface area contributed by atoms with Gasteiger partial charge in [0.2, 0.25) is 34.0 Å². The Morgan fingerprint density at radius 3 is 1.26 bits per heavy atom. The molecule has 0 saturated heterocycles. The van der Waals surface area contributed by atoms with E-state index in [4.69, 9.17) is 72.1 Å². The molecule has 0 fully saturated rings. The third kappa shape index (κ3) is 64.4. The van der Waals surface area contributed by atoms with E-state index in [2.05, 4.69) is 133 Å². The molecule has 0 radical (unpaired) electrons. The molecule has 7 aromatic carbocycles. The molecule has 147 heavy (non-hydrogen) atoms. The molecule has 0 saturated carbocycles. The van der Waals surface area contributed by atoms with E-state index in [0.29, 0.717) is 65.3 Å². The van der Waals surface area contributed by atoms with E-state index >= 15 is 0 Å². The molecule has 0 bridgehead atoms. The number of allylic oxidation sites excluding steroid dienone is 3. The van der Waals surface area contributed by atoms with Crippen LogP contribution in [0.1, 0.15) is 137 Å². The van der Waals surface area contributed by atoms with Crippen molar-refractivity contribution >= 4 is 103 Å². The zero-order valence-corrected chi connectivity index (χ0v) is 95.9. The Balaban J connectivity index is -0.00000173. The van der Waals surface area contributed by atoms with Gasteiger partial charge in [-0.2, -0.15) is 5.10 Å². The van der Waals surface area contributed by atoms with Crippen LogP contribution in [0.4, 0.5) is 20.5 Å². The molecule has 788 valence electrons. The van der Waals surface area contributed by atoms with Gasteiger partial charge < -0.3 is 116 Å². The number of phenolic OH excluding ortho intramolecular Hbond substituents is 1. The number of anilines is 3. The van der Waals surface area contributed by atoms with Gasteiger partial charge in [0, 0.05) is 18.5 Å². The molecule has 10 aromatic rings. The second kappa shape index (κ2) is 79.3. The van der Waals surface area contributed by atoms with E-state index in [9.17, 15) is 42.7 Å². The second-order valence-electron chi connectivity index (χ2n) is 34.0. The van der Waals surface area contributed by atoms with Gasteiger partial charge in [-0.05, 0) is 199 Å². The molecule has 0 spiro atoms. The van der Waals surface area contributed by atoms with Crippen LogP contribution in [0.3, 0.4) is 0 Å². The Morgan fingerprint density at radius 1 is 0.476 bits per heavy atom. The van der Waals surface area contributed by atoms with Crippen LogP contribution in [0.5, 0.6) is 28.7 Å². The summed E-state index contributed by atoms with van der Waals surface area (Å²) in [5.74, 6) is -0.266. The van der Waals surface area contributed by atoms with Gasteiger partial charge in [0.25, 0.3) is 0 Å². The number of carbonyl (C=O) groups excluding carboxylic acids is 7. The van der Waals surface area contributed by atoms with Crippen molar-refractivity contribution in [2.45, 2.75) is 182 Å². The van der Waals surface area contributed by atoms with Crippen molar-refractivity contribution in [3.8, 4) is 28.7 Å². The number of carboxylic acids is 1. The molecule has 37 nitrogen and oxygen atoms in total. The maximum absolute atomic E-state index is 12.4. The minimum Gasteiger partial charge on any atom is -0.870 e. The van der Waals surface area contributed by atoms with Gasteiger partial charge in [-0.15, -0.1) is 33.5 Å². The number of esters is 3. The minimum atomic E-state index is -1.82. The smallest absolute Gasteiger partial charge is 0.870 e. The summed E-state index contributed by atoms with van der Waals surface area (Å²) in [5.41, 5.74) is 24.8. The number of aromatic hydroxyl groups is 1. The number of unbranched alkanes of at least 4 members (excludes halogenated alkanes) is 2. The van der Waals surface area contributed by atoms with Crippen LogP contribution >= 0.6 is 22.7 Å². The van der Waals surface area contributed by atoms with E-state index in [0.717, 1.165) is 112 Å². The zero-order chi connectivity index (χ0) is 105. The number of nitrogens with zero attached hydrogens (tertiary/aromatic N) is 6. The fourth-order valence-electron chi connectivity index (χ4n) is 11.4. The first-order chi connectivity index (χ1) is 67.5. The van der Waals surface area contributed by atoms with Crippen molar-refractivity contribution in [3.05, 3.63) is 279 Å². The zero-order valence-electron chi connectivity index (χ0n) is 87.0. The fourth-order valence-corrected chi connectivity index (χ4v) is 14.9. The summed E-state index contributed by atoms with van der Waals surface area (Å²) in [4.78, 5) is 92.5. The molecule has 0 aliphatic rings. The Kier molecular flexibility index (Phi) is 75.1. The number of halogens is 1. The largest absolute Gasteiger partial charge is 1.00 e. The van der Waals surface area contributed by atoms with Crippen LogP contribution in [0.25, 0.3) is 0 Å². The number of amides is 3. The number of aryl methyl sites for hydroxylation is 3. The molecule has 3 aromatic heterocycles. The Hall–Kier alpha value is -9.80. The normalized spacial score (nSPS) is 10.7. The third-order valence-electron chi connectivity index (χ3n) is 20.6. The number of hydrogen-bond donors (Lipinski definition) is 11. The molecule has 45 heteroatoms. The number of aliphatic hydroxyl groups excluding tert-OH is 2. The van der Waals surface area contributed by atoms with Crippen molar-refractivity contribution < 1.29 is 249 Å². The molecular weight excluding hydrogens is 2020 g/mol. The van der Waals surface area contributed by atoms with E-state index in [1.807, 2.05) is 127 Å². The van der Waals surface area contributed by atoms with Crippen molar-refractivity contribution in [2.24, 2.45) is 11.5 Å².